The molecule has 3 heteroatoms. The number of carbonyl (C=O) groups excluding carboxylic acids is 1. The smallest absolute Gasteiger partial charge is 0.344 e. The maximum atomic E-state index is 12.6. The highest BCUT2D eigenvalue weighted by Crippen LogP contribution is 2.29. The standard InChI is InChI=1S/C21H13BrO2/c22-20-18-8-4-3-6-15(18)10-12-19(20)21(23)24-17-11-9-14-5-1-2-7-16(14)13-17/h1-13H. The normalized spacial score (nSPS) is 10.9. The summed E-state index contributed by atoms with van der Waals surface area (Å²) in [6.45, 7) is 0. The van der Waals surface area contributed by atoms with Crippen LogP contribution in [0, 0.1) is 0 Å². The van der Waals surface area contributed by atoms with Gasteiger partial charge < -0.3 is 4.74 Å². The molecule has 0 aliphatic rings. The molecule has 0 aromatic heterocycles. The van der Waals surface area contributed by atoms with Crippen molar-refractivity contribution in [1.29, 1.82) is 0 Å². The van der Waals surface area contributed by atoms with Crippen molar-refractivity contribution >= 4 is 43.4 Å². The predicted octanol–water partition coefficient (Wildman–Crippen LogP) is 5.97. The second-order valence-electron chi connectivity index (χ2n) is 5.55. The number of halogens is 1. The number of hydrogen-bond donors (Lipinski definition) is 0. The lowest BCUT2D eigenvalue weighted by molar-refractivity contribution is 0.0734. The van der Waals surface area contributed by atoms with Gasteiger partial charge in [-0.2, -0.15) is 0 Å². The van der Waals surface area contributed by atoms with Crippen LogP contribution in [0.15, 0.2) is 83.3 Å². The lowest BCUT2D eigenvalue weighted by Crippen LogP contribution is -2.09. The van der Waals surface area contributed by atoms with Crippen LogP contribution in [-0.2, 0) is 0 Å². The fourth-order valence-electron chi connectivity index (χ4n) is 2.78. The first-order chi connectivity index (χ1) is 11.7. The fourth-order valence-corrected chi connectivity index (χ4v) is 3.44. The number of rotatable bonds is 2. The van der Waals surface area contributed by atoms with Gasteiger partial charge in [0.2, 0.25) is 0 Å². The maximum Gasteiger partial charge on any atom is 0.344 e. The van der Waals surface area contributed by atoms with Gasteiger partial charge in [-0.3, -0.25) is 0 Å². The van der Waals surface area contributed by atoms with E-state index in [1.54, 1.807) is 6.07 Å². The molecule has 0 saturated heterocycles. The Morgan fingerprint density at radius 1 is 0.750 bits per heavy atom. The molecule has 0 aliphatic carbocycles. The van der Waals surface area contributed by atoms with Crippen molar-refractivity contribution in [2.45, 2.75) is 0 Å². The summed E-state index contributed by atoms with van der Waals surface area (Å²) >= 11 is 3.53. The van der Waals surface area contributed by atoms with Crippen LogP contribution >= 0.6 is 15.9 Å². The van der Waals surface area contributed by atoms with E-state index < -0.39 is 0 Å². The molecular weight excluding hydrogens is 364 g/mol. The summed E-state index contributed by atoms with van der Waals surface area (Å²) in [6, 6.07) is 25.3. The number of esters is 1. The average Bonchev–Trinajstić information content (AvgIpc) is 2.62. The molecule has 4 aromatic carbocycles. The zero-order chi connectivity index (χ0) is 16.5. The number of benzene rings is 4. The molecule has 0 bridgehead atoms. The third-order valence-electron chi connectivity index (χ3n) is 4.01. The van der Waals surface area contributed by atoms with Crippen LogP contribution in [0.2, 0.25) is 0 Å². The summed E-state index contributed by atoms with van der Waals surface area (Å²) in [4.78, 5) is 12.6. The van der Waals surface area contributed by atoms with Gasteiger partial charge in [-0.25, -0.2) is 4.79 Å². The van der Waals surface area contributed by atoms with Crippen LogP contribution in [0.3, 0.4) is 0 Å². The van der Waals surface area contributed by atoms with Crippen LogP contribution in [-0.4, -0.2) is 5.97 Å². The van der Waals surface area contributed by atoms with Crippen molar-refractivity contribution in [2.24, 2.45) is 0 Å². The Balaban J connectivity index is 1.69. The lowest BCUT2D eigenvalue weighted by atomic mass is 10.1. The Kier molecular flexibility index (Phi) is 3.79. The van der Waals surface area contributed by atoms with E-state index in [-0.39, 0.29) is 5.97 Å². The third-order valence-corrected chi connectivity index (χ3v) is 4.87. The molecule has 0 aliphatic heterocycles. The van der Waals surface area contributed by atoms with Crippen molar-refractivity contribution in [3.8, 4) is 5.75 Å². The van der Waals surface area contributed by atoms with Gasteiger partial charge in [0.25, 0.3) is 0 Å². The van der Waals surface area contributed by atoms with E-state index in [0.29, 0.717) is 11.3 Å². The first-order valence-corrected chi connectivity index (χ1v) is 8.40. The number of fused-ring (bicyclic) bond motifs is 2. The first kappa shape index (κ1) is 14.9. The molecule has 0 amide bonds. The molecule has 0 atom stereocenters. The zero-order valence-corrected chi connectivity index (χ0v) is 14.3. The van der Waals surface area contributed by atoms with Gasteiger partial charge in [-0.05, 0) is 55.7 Å². The first-order valence-electron chi connectivity index (χ1n) is 7.60. The summed E-state index contributed by atoms with van der Waals surface area (Å²) < 4.78 is 6.33. The summed E-state index contributed by atoms with van der Waals surface area (Å²) in [7, 11) is 0. The Hall–Kier alpha value is -2.65. The van der Waals surface area contributed by atoms with Crippen LogP contribution in [0.4, 0.5) is 0 Å². The van der Waals surface area contributed by atoms with Crippen molar-refractivity contribution in [1.82, 2.24) is 0 Å². The minimum Gasteiger partial charge on any atom is -0.423 e. The number of hydrogen-bond acceptors (Lipinski definition) is 2. The Bertz CT molecular complexity index is 1070. The molecule has 0 N–H and O–H groups in total. The van der Waals surface area contributed by atoms with Gasteiger partial charge in [0.15, 0.2) is 0 Å². The zero-order valence-electron chi connectivity index (χ0n) is 12.7. The van der Waals surface area contributed by atoms with Crippen LogP contribution in [0.25, 0.3) is 21.5 Å². The van der Waals surface area contributed by atoms with Crippen molar-refractivity contribution in [2.75, 3.05) is 0 Å². The molecule has 0 fully saturated rings. The molecule has 4 rings (SSSR count). The van der Waals surface area contributed by atoms with E-state index in [1.807, 2.05) is 72.8 Å². The average molecular weight is 377 g/mol. The van der Waals surface area contributed by atoms with E-state index in [4.69, 9.17) is 4.74 Å². The minimum absolute atomic E-state index is 0.372. The highest BCUT2D eigenvalue weighted by molar-refractivity contribution is 9.10. The fraction of sp³-hybridized carbons (Fsp3) is 0. The molecular formula is C21H13BrO2. The SMILES string of the molecule is O=C(Oc1ccc2ccccc2c1)c1ccc2ccccc2c1Br. The predicted molar refractivity (Wildman–Crippen MR) is 101 cm³/mol. The molecule has 24 heavy (non-hydrogen) atoms. The summed E-state index contributed by atoms with van der Waals surface area (Å²) in [5.41, 5.74) is 0.516. The van der Waals surface area contributed by atoms with E-state index in [1.165, 1.54) is 0 Å². The Morgan fingerprint density at radius 3 is 2.25 bits per heavy atom. The van der Waals surface area contributed by atoms with Crippen molar-refractivity contribution < 1.29 is 9.53 Å². The molecule has 4 aromatic rings. The monoisotopic (exact) mass is 376 g/mol. The molecule has 0 unspecified atom stereocenters. The summed E-state index contributed by atoms with van der Waals surface area (Å²) in [6.07, 6.45) is 0. The highest BCUT2D eigenvalue weighted by atomic mass is 79.9. The van der Waals surface area contributed by atoms with E-state index in [0.717, 1.165) is 26.0 Å². The van der Waals surface area contributed by atoms with Gasteiger partial charge in [0, 0.05) is 4.47 Å². The molecule has 116 valence electrons. The van der Waals surface area contributed by atoms with Crippen LogP contribution < -0.4 is 4.74 Å². The summed E-state index contributed by atoms with van der Waals surface area (Å²) in [5.74, 6) is 0.168. The molecule has 0 heterocycles. The van der Waals surface area contributed by atoms with Gasteiger partial charge in [0.1, 0.15) is 5.75 Å². The quantitative estimate of drug-likeness (QED) is 0.318. The topological polar surface area (TPSA) is 26.3 Å². The minimum atomic E-state index is -0.372. The number of carbonyl (C=O) groups is 1. The van der Waals surface area contributed by atoms with Gasteiger partial charge in [0.05, 0.1) is 5.56 Å². The molecule has 2 nitrogen and oxygen atoms in total. The highest BCUT2D eigenvalue weighted by Gasteiger charge is 2.15. The number of ether oxygens (including phenoxy) is 1. The van der Waals surface area contributed by atoms with E-state index in [2.05, 4.69) is 15.9 Å². The van der Waals surface area contributed by atoms with Crippen LogP contribution in [0.1, 0.15) is 10.4 Å². The van der Waals surface area contributed by atoms with Gasteiger partial charge >= 0.3 is 5.97 Å². The Labute approximate surface area is 147 Å². The van der Waals surface area contributed by atoms with Gasteiger partial charge in [-0.1, -0.05) is 60.7 Å². The lowest BCUT2D eigenvalue weighted by Gasteiger charge is -2.09. The maximum absolute atomic E-state index is 12.6. The van der Waals surface area contributed by atoms with Crippen molar-refractivity contribution in [3.63, 3.8) is 0 Å². The molecule has 0 saturated carbocycles. The van der Waals surface area contributed by atoms with Crippen molar-refractivity contribution in [3.05, 3.63) is 88.9 Å². The molecule has 0 radical (unpaired) electrons. The largest absolute Gasteiger partial charge is 0.423 e. The van der Waals surface area contributed by atoms with Crippen LogP contribution in [0.5, 0.6) is 5.75 Å². The third kappa shape index (κ3) is 2.68. The molecule has 0 spiro atoms. The van der Waals surface area contributed by atoms with E-state index in [9.17, 15) is 4.79 Å². The second-order valence-corrected chi connectivity index (χ2v) is 6.34. The second kappa shape index (κ2) is 6.10. The van der Waals surface area contributed by atoms with Gasteiger partial charge in [-0.15, -0.1) is 0 Å². The Morgan fingerprint density at radius 2 is 1.42 bits per heavy atom. The van der Waals surface area contributed by atoms with E-state index >= 15 is 0 Å². The summed E-state index contributed by atoms with van der Waals surface area (Å²) in [5, 5.41) is 4.22.